The van der Waals surface area contributed by atoms with Crippen molar-refractivity contribution < 1.29 is 8.42 Å². The second-order valence-electron chi connectivity index (χ2n) is 5.64. The standard InChI is InChI=1S/C13H25NO2S/c1-2-14-13(11-6-4-3-5-7-11)12-8-9-17(15,16)10-12/h11-14H,2-10H2,1H3. The average molecular weight is 259 g/mol. The van der Waals surface area contributed by atoms with Gasteiger partial charge in [0.25, 0.3) is 0 Å². The van der Waals surface area contributed by atoms with Gasteiger partial charge in [0.05, 0.1) is 11.5 Å². The normalized spacial score (nSPS) is 31.5. The predicted octanol–water partition coefficient (Wildman–Crippen LogP) is 1.98. The number of nitrogens with one attached hydrogen (secondary N) is 1. The minimum atomic E-state index is -2.74. The summed E-state index contributed by atoms with van der Waals surface area (Å²) in [5.74, 6) is 1.90. The zero-order valence-corrected chi connectivity index (χ0v) is 11.6. The Bertz CT molecular complexity index is 333. The smallest absolute Gasteiger partial charge is 0.150 e. The Morgan fingerprint density at radius 1 is 1.12 bits per heavy atom. The molecule has 1 saturated carbocycles. The van der Waals surface area contributed by atoms with Crippen LogP contribution in [-0.2, 0) is 9.84 Å². The summed E-state index contributed by atoms with van der Waals surface area (Å²) < 4.78 is 23.2. The van der Waals surface area contributed by atoms with Gasteiger partial charge in [-0.3, -0.25) is 0 Å². The molecular weight excluding hydrogens is 234 g/mol. The second-order valence-corrected chi connectivity index (χ2v) is 7.87. The first-order valence-corrected chi connectivity index (χ1v) is 8.88. The Morgan fingerprint density at radius 3 is 2.35 bits per heavy atom. The summed E-state index contributed by atoms with van der Waals surface area (Å²) in [4.78, 5) is 0. The van der Waals surface area contributed by atoms with E-state index in [-0.39, 0.29) is 0 Å². The quantitative estimate of drug-likeness (QED) is 0.839. The van der Waals surface area contributed by atoms with Crippen LogP contribution in [0.2, 0.25) is 0 Å². The summed E-state index contributed by atoms with van der Waals surface area (Å²) in [7, 11) is -2.74. The van der Waals surface area contributed by atoms with Crippen molar-refractivity contribution in [1.29, 1.82) is 0 Å². The lowest BCUT2D eigenvalue weighted by molar-refractivity contribution is 0.219. The van der Waals surface area contributed by atoms with Gasteiger partial charge in [-0.2, -0.15) is 0 Å². The van der Waals surface area contributed by atoms with Crippen molar-refractivity contribution in [2.24, 2.45) is 11.8 Å². The van der Waals surface area contributed by atoms with E-state index >= 15 is 0 Å². The van der Waals surface area contributed by atoms with Crippen molar-refractivity contribution in [3.8, 4) is 0 Å². The van der Waals surface area contributed by atoms with E-state index < -0.39 is 9.84 Å². The SMILES string of the molecule is CCNC(C1CCCCC1)C1CCS(=O)(=O)C1. The highest BCUT2D eigenvalue weighted by Gasteiger charge is 2.37. The van der Waals surface area contributed by atoms with Crippen molar-refractivity contribution in [3.05, 3.63) is 0 Å². The third kappa shape index (κ3) is 3.44. The highest BCUT2D eigenvalue weighted by atomic mass is 32.2. The minimum absolute atomic E-state index is 0.364. The average Bonchev–Trinajstić information content (AvgIpc) is 2.67. The minimum Gasteiger partial charge on any atom is -0.314 e. The van der Waals surface area contributed by atoms with Crippen LogP contribution in [0.5, 0.6) is 0 Å². The lowest BCUT2D eigenvalue weighted by Crippen LogP contribution is -2.43. The number of hydrogen-bond donors (Lipinski definition) is 1. The van der Waals surface area contributed by atoms with Crippen LogP contribution < -0.4 is 5.32 Å². The first-order valence-electron chi connectivity index (χ1n) is 7.06. The number of sulfone groups is 1. The van der Waals surface area contributed by atoms with E-state index in [1.54, 1.807) is 0 Å². The maximum atomic E-state index is 11.6. The fourth-order valence-electron chi connectivity index (χ4n) is 3.55. The third-order valence-electron chi connectivity index (χ3n) is 4.37. The summed E-state index contributed by atoms with van der Waals surface area (Å²) in [5, 5.41) is 3.57. The molecule has 1 saturated heterocycles. The molecule has 0 amide bonds. The maximum absolute atomic E-state index is 11.6. The molecule has 2 rings (SSSR count). The predicted molar refractivity (Wildman–Crippen MR) is 70.8 cm³/mol. The monoisotopic (exact) mass is 259 g/mol. The van der Waals surface area contributed by atoms with Gasteiger partial charge in [-0.15, -0.1) is 0 Å². The molecule has 0 spiro atoms. The lowest BCUT2D eigenvalue weighted by Gasteiger charge is -2.34. The van der Waals surface area contributed by atoms with E-state index in [2.05, 4.69) is 12.2 Å². The molecule has 0 aromatic rings. The molecule has 0 radical (unpaired) electrons. The van der Waals surface area contributed by atoms with E-state index in [1.165, 1.54) is 32.1 Å². The fourth-order valence-corrected chi connectivity index (χ4v) is 5.41. The molecule has 0 aromatic heterocycles. The Kier molecular flexibility index (Phi) is 4.47. The van der Waals surface area contributed by atoms with Gasteiger partial charge in [0.1, 0.15) is 0 Å². The molecule has 2 unspecified atom stereocenters. The molecule has 1 heterocycles. The second kappa shape index (κ2) is 5.70. The Labute approximate surface area is 105 Å². The van der Waals surface area contributed by atoms with Crippen molar-refractivity contribution in [1.82, 2.24) is 5.32 Å². The van der Waals surface area contributed by atoms with Crippen LogP contribution in [-0.4, -0.2) is 32.5 Å². The molecule has 2 aliphatic rings. The molecule has 1 aliphatic heterocycles. The van der Waals surface area contributed by atoms with E-state index in [0.717, 1.165) is 13.0 Å². The first kappa shape index (κ1) is 13.3. The van der Waals surface area contributed by atoms with Crippen LogP contribution in [0, 0.1) is 11.8 Å². The summed E-state index contributed by atoms with van der Waals surface area (Å²) in [6, 6.07) is 0.442. The number of hydrogen-bond acceptors (Lipinski definition) is 3. The van der Waals surface area contributed by atoms with E-state index in [9.17, 15) is 8.42 Å². The van der Waals surface area contributed by atoms with Crippen molar-refractivity contribution in [3.63, 3.8) is 0 Å². The Balaban J connectivity index is 2.01. The molecule has 4 heteroatoms. The summed E-state index contributed by atoms with van der Waals surface area (Å²) >= 11 is 0. The Morgan fingerprint density at radius 2 is 1.82 bits per heavy atom. The van der Waals surface area contributed by atoms with Gasteiger partial charge in [-0.1, -0.05) is 26.2 Å². The van der Waals surface area contributed by atoms with Gasteiger partial charge < -0.3 is 5.32 Å². The van der Waals surface area contributed by atoms with Crippen LogP contribution in [0.15, 0.2) is 0 Å². The van der Waals surface area contributed by atoms with E-state index in [1.807, 2.05) is 0 Å². The highest BCUT2D eigenvalue weighted by molar-refractivity contribution is 7.91. The van der Waals surface area contributed by atoms with E-state index in [4.69, 9.17) is 0 Å². The van der Waals surface area contributed by atoms with Crippen molar-refractivity contribution >= 4 is 9.84 Å². The molecular formula is C13H25NO2S. The first-order chi connectivity index (χ1) is 8.12. The van der Waals surface area contributed by atoms with Gasteiger partial charge in [-0.25, -0.2) is 8.42 Å². The maximum Gasteiger partial charge on any atom is 0.150 e. The van der Waals surface area contributed by atoms with Gasteiger partial charge in [0.15, 0.2) is 9.84 Å². The van der Waals surface area contributed by atoms with Crippen LogP contribution in [0.3, 0.4) is 0 Å². The summed E-state index contributed by atoms with van der Waals surface area (Å²) in [5.41, 5.74) is 0. The molecule has 2 fully saturated rings. The molecule has 17 heavy (non-hydrogen) atoms. The van der Waals surface area contributed by atoms with Gasteiger partial charge in [-0.05, 0) is 37.6 Å². The third-order valence-corrected chi connectivity index (χ3v) is 6.17. The lowest BCUT2D eigenvalue weighted by atomic mass is 9.78. The van der Waals surface area contributed by atoms with Crippen LogP contribution in [0.25, 0.3) is 0 Å². The zero-order chi connectivity index (χ0) is 12.3. The number of rotatable bonds is 4. The molecule has 0 aromatic carbocycles. The molecule has 0 bridgehead atoms. The largest absolute Gasteiger partial charge is 0.314 e. The summed E-state index contributed by atoms with van der Waals surface area (Å²) in [6.07, 6.45) is 7.45. The molecule has 1 N–H and O–H groups in total. The highest BCUT2D eigenvalue weighted by Crippen LogP contribution is 2.33. The van der Waals surface area contributed by atoms with Crippen LogP contribution in [0.1, 0.15) is 45.4 Å². The molecule has 100 valence electrons. The zero-order valence-electron chi connectivity index (χ0n) is 10.8. The topological polar surface area (TPSA) is 46.2 Å². The molecule has 2 atom stereocenters. The van der Waals surface area contributed by atoms with Crippen LogP contribution >= 0.6 is 0 Å². The van der Waals surface area contributed by atoms with Gasteiger partial charge >= 0.3 is 0 Å². The van der Waals surface area contributed by atoms with Crippen LogP contribution in [0.4, 0.5) is 0 Å². The molecule has 1 aliphatic carbocycles. The van der Waals surface area contributed by atoms with Crippen molar-refractivity contribution in [2.75, 3.05) is 18.1 Å². The molecule has 3 nitrogen and oxygen atoms in total. The Hall–Kier alpha value is -0.0900. The van der Waals surface area contributed by atoms with E-state index in [0.29, 0.717) is 29.4 Å². The van der Waals surface area contributed by atoms with Gasteiger partial charge in [0, 0.05) is 6.04 Å². The fraction of sp³-hybridized carbons (Fsp3) is 1.00. The van der Waals surface area contributed by atoms with Gasteiger partial charge in [0.2, 0.25) is 0 Å². The van der Waals surface area contributed by atoms with Crippen molar-refractivity contribution in [2.45, 2.75) is 51.5 Å². The summed E-state index contributed by atoms with van der Waals surface area (Å²) in [6.45, 7) is 3.08.